The van der Waals surface area contributed by atoms with Crippen LogP contribution in [0, 0.1) is 0 Å². The van der Waals surface area contributed by atoms with Crippen LogP contribution in [0.15, 0.2) is 79.1 Å². The van der Waals surface area contributed by atoms with Gasteiger partial charge in [0.25, 0.3) is 0 Å². The van der Waals surface area contributed by atoms with Gasteiger partial charge in [-0.25, -0.2) is 15.0 Å². The minimum Gasteiger partial charge on any atom is -0.256 e. The summed E-state index contributed by atoms with van der Waals surface area (Å²) in [6.07, 6.45) is 3.52. The third-order valence-corrected chi connectivity index (χ3v) is 4.76. The van der Waals surface area contributed by atoms with Crippen LogP contribution in [-0.2, 0) is 0 Å². The SMILES string of the molecule is Clc1nc2cccnc2nc1-c1ccc(-c2cccc3cccnc23)cc1. The van der Waals surface area contributed by atoms with Gasteiger partial charge < -0.3 is 0 Å². The van der Waals surface area contributed by atoms with Crippen LogP contribution in [0.2, 0.25) is 5.15 Å². The second-order valence-electron chi connectivity index (χ2n) is 6.17. The summed E-state index contributed by atoms with van der Waals surface area (Å²) in [6, 6.07) is 22.0. The molecule has 0 aliphatic carbocycles. The van der Waals surface area contributed by atoms with Crippen molar-refractivity contribution in [1.29, 1.82) is 0 Å². The Morgan fingerprint density at radius 2 is 1.41 bits per heavy atom. The lowest BCUT2D eigenvalue weighted by Crippen LogP contribution is -1.93. The Morgan fingerprint density at radius 1 is 0.667 bits per heavy atom. The second-order valence-corrected chi connectivity index (χ2v) is 6.53. The van der Waals surface area contributed by atoms with E-state index in [2.05, 4.69) is 50.3 Å². The number of hydrogen-bond donors (Lipinski definition) is 0. The van der Waals surface area contributed by atoms with Gasteiger partial charge in [0.05, 0.1) is 5.52 Å². The fourth-order valence-corrected chi connectivity index (χ4v) is 3.44. The Morgan fingerprint density at radius 3 is 2.30 bits per heavy atom. The topological polar surface area (TPSA) is 51.6 Å². The first-order valence-corrected chi connectivity index (χ1v) is 8.90. The van der Waals surface area contributed by atoms with E-state index in [-0.39, 0.29) is 0 Å². The zero-order chi connectivity index (χ0) is 18.2. The number of pyridine rings is 2. The Balaban J connectivity index is 1.60. The van der Waals surface area contributed by atoms with Gasteiger partial charge in [0.1, 0.15) is 11.2 Å². The maximum Gasteiger partial charge on any atom is 0.178 e. The van der Waals surface area contributed by atoms with Gasteiger partial charge in [-0.15, -0.1) is 0 Å². The predicted octanol–water partition coefficient (Wildman–Crippen LogP) is 5.56. The van der Waals surface area contributed by atoms with Crippen LogP contribution in [0.5, 0.6) is 0 Å². The maximum absolute atomic E-state index is 6.36. The van der Waals surface area contributed by atoms with Gasteiger partial charge in [0.2, 0.25) is 0 Å². The molecule has 3 aromatic heterocycles. The van der Waals surface area contributed by atoms with E-state index in [0.29, 0.717) is 22.0 Å². The smallest absolute Gasteiger partial charge is 0.178 e. The van der Waals surface area contributed by atoms with E-state index in [4.69, 9.17) is 11.6 Å². The van der Waals surface area contributed by atoms with Crippen LogP contribution < -0.4 is 0 Å². The highest BCUT2D eigenvalue weighted by atomic mass is 35.5. The number of nitrogens with zero attached hydrogens (tertiary/aromatic N) is 4. The predicted molar refractivity (Wildman–Crippen MR) is 109 cm³/mol. The lowest BCUT2D eigenvalue weighted by Gasteiger charge is -2.08. The Hall–Kier alpha value is -3.37. The zero-order valence-electron chi connectivity index (χ0n) is 14.2. The van der Waals surface area contributed by atoms with Crippen molar-refractivity contribution in [3.05, 3.63) is 84.3 Å². The summed E-state index contributed by atoms with van der Waals surface area (Å²) < 4.78 is 0. The first-order valence-electron chi connectivity index (χ1n) is 8.52. The summed E-state index contributed by atoms with van der Waals surface area (Å²) in [6.45, 7) is 0. The third kappa shape index (κ3) is 2.80. The summed E-state index contributed by atoms with van der Waals surface area (Å²) >= 11 is 6.36. The molecule has 0 saturated heterocycles. The molecule has 0 saturated carbocycles. The van der Waals surface area contributed by atoms with E-state index in [1.165, 1.54) is 0 Å². The summed E-state index contributed by atoms with van der Waals surface area (Å²) in [4.78, 5) is 17.8. The molecule has 5 aromatic rings. The minimum absolute atomic E-state index is 0.370. The molecule has 0 N–H and O–H groups in total. The monoisotopic (exact) mass is 368 g/mol. The molecule has 0 bridgehead atoms. The van der Waals surface area contributed by atoms with Crippen LogP contribution >= 0.6 is 11.6 Å². The zero-order valence-corrected chi connectivity index (χ0v) is 14.9. The van der Waals surface area contributed by atoms with Crippen molar-refractivity contribution >= 4 is 33.7 Å². The molecule has 0 aliphatic heterocycles. The second kappa shape index (κ2) is 6.41. The standard InChI is InChI=1S/C22H13ClN4/c23-21-20(27-22-18(26-21)7-3-13-25-22)16-10-8-14(9-11-16)17-6-1-4-15-5-2-12-24-19(15)17/h1-13H. The van der Waals surface area contributed by atoms with Crippen LogP contribution in [0.4, 0.5) is 0 Å². The number of fused-ring (bicyclic) bond motifs is 2. The summed E-state index contributed by atoms with van der Waals surface area (Å²) in [5, 5.41) is 1.49. The maximum atomic E-state index is 6.36. The Labute approximate surface area is 160 Å². The fourth-order valence-electron chi connectivity index (χ4n) is 3.20. The summed E-state index contributed by atoms with van der Waals surface area (Å²) in [5.41, 5.74) is 5.97. The van der Waals surface area contributed by atoms with Gasteiger partial charge in [-0.2, -0.15) is 0 Å². The Bertz CT molecular complexity index is 1280. The number of halogens is 1. The van der Waals surface area contributed by atoms with Gasteiger partial charge in [-0.1, -0.05) is 60.1 Å². The molecular weight excluding hydrogens is 356 g/mol. The number of aromatic nitrogens is 4. The molecule has 128 valence electrons. The molecule has 0 unspecified atom stereocenters. The summed E-state index contributed by atoms with van der Waals surface area (Å²) in [7, 11) is 0. The third-order valence-electron chi connectivity index (χ3n) is 4.50. The average molecular weight is 369 g/mol. The first-order chi connectivity index (χ1) is 13.3. The van der Waals surface area contributed by atoms with E-state index in [1.54, 1.807) is 6.20 Å². The van der Waals surface area contributed by atoms with Crippen molar-refractivity contribution in [2.75, 3.05) is 0 Å². The molecule has 0 atom stereocenters. The van der Waals surface area contributed by atoms with Gasteiger partial charge in [-0.05, 0) is 23.8 Å². The van der Waals surface area contributed by atoms with Crippen LogP contribution in [0.3, 0.4) is 0 Å². The Kier molecular flexibility index (Phi) is 3.77. The van der Waals surface area contributed by atoms with Gasteiger partial charge in [0.15, 0.2) is 10.8 Å². The highest BCUT2D eigenvalue weighted by Gasteiger charge is 2.11. The molecule has 5 rings (SSSR count). The van der Waals surface area contributed by atoms with Gasteiger partial charge in [0, 0.05) is 28.9 Å². The van der Waals surface area contributed by atoms with Gasteiger partial charge >= 0.3 is 0 Å². The van der Waals surface area contributed by atoms with E-state index in [9.17, 15) is 0 Å². The fraction of sp³-hybridized carbons (Fsp3) is 0. The molecule has 0 aliphatic rings. The van der Waals surface area contributed by atoms with Crippen LogP contribution in [-0.4, -0.2) is 19.9 Å². The van der Waals surface area contributed by atoms with Crippen molar-refractivity contribution in [2.24, 2.45) is 0 Å². The lowest BCUT2D eigenvalue weighted by atomic mass is 10.00. The molecule has 4 nitrogen and oxygen atoms in total. The van der Waals surface area contributed by atoms with Crippen molar-refractivity contribution in [3.63, 3.8) is 0 Å². The molecule has 0 amide bonds. The van der Waals surface area contributed by atoms with Crippen molar-refractivity contribution in [3.8, 4) is 22.4 Å². The normalized spacial score (nSPS) is 11.1. The number of benzene rings is 2. The molecule has 0 spiro atoms. The minimum atomic E-state index is 0.370. The van der Waals surface area contributed by atoms with Crippen molar-refractivity contribution < 1.29 is 0 Å². The number of hydrogen-bond acceptors (Lipinski definition) is 4. The quantitative estimate of drug-likeness (QED) is 0.409. The molecule has 27 heavy (non-hydrogen) atoms. The molecular formula is C22H13ClN4. The number of rotatable bonds is 2. The van der Waals surface area contributed by atoms with Crippen molar-refractivity contribution in [2.45, 2.75) is 0 Å². The molecule has 2 aromatic carbocycles. The highest BCUT2D eigenvalue weighted by Crippen LogP contribution is 2.31. The van der Waals surface area contributed by atoms with Gasteiger partial charge in [-0.3, -0.25) is 4.98 Å². The largest absolute Gasteiger partial charge is 0.256 e. The highest BCUT2D eigenvalue weighted by molar-refractivity contribution is 6.32. The molecule has 0 fully saturated rings. The average Bonchev–Trinajstić information content (AvgIpc) is 2.73. The molecule has 0 radical (unpaired) electrons. The van der Waals surface area contributed by atoms with Crippen LogP contribution in [0.25, 0.3) is 44.5 Å². The van der Waals surface area contributed by atoms with E-state index in [1.807, 2.05) is 42.6 Å². The first kappa shape index (κ1) is 15.9. The summed E-state index contributed by atoms with van der Waals surface area (Å²) in [5.74, 6) is 0. The molecule has 3 heterocycles. The van der Waals surface area contributed by atoms with Crippen LogP contribution in [0.1, 0.15) is 0 Å². The van der Waals surface area contributed by atoms with E-state index in [0.717, 1.165) is 27.6 Å². The van der Waals surface area contributed by atoms with Crippen molar-refractivity contribution in [1.82, 2.24) is 19.9 Å². The molecule has 5 heteroatoms. The van der Waals surface area contributed by atoms with E-state index < -0.39 is 0 Å². The number of para-hydroxylation sites is 1. The van der Waals surface area contributed by atoms with E-state index >= 15 is 0 Å². The lowest BCUT2D eigenvalue weighted by molar-refractivity contribution is 1.23.